The molecule has 0 amide bonds. The minimum Gasteiger partial charge on any atom is -0.395 e. The number of hydrogen-bond donors (Lipinski definition) is 1. The van der Waals surface area contributed by atoms with Crippen LogP contribution in [0, 0.1) is 11.3 Å². The van der Waals surface area contributed by atoms with Gasteiger partial charge in [0.2, 0.25) is 10.0 Å². The number of hydrogen-bond acceptors (Lipinski definition) is 4. The predicted octanol–water partition coefficient (Wildman–Crippen LogP) is 1.38. The zero-order valence-electron chi connectivity index (χ0n) is 10.1. The van der Waals surface area contributed by atoms with Crippen LogP contribution in [0.15, 0.2) is 35.7 Å². The van der Waals surface area contributed by atoms with Gasteiger partial charge in [0.15, 0.2) is 0 Å². The van der Waals surface area contributed by atoms with Gasteiger partial charge in [0.25, 0.3) is 0 Å². The lowest BCUT2D eigenvalue weighted by Crippen LogP contribution is -2.34. The predicted molar refractivity (Wildman–Crippen MR) is 72.2 cm³/mol. The Labute approximate surface area is 117 Å². The topological polar surface area (TPSA) is 81.4 Å². The lowest BCUT2D eigenvalue weighted by Gasteiger charge is -2.20. The summed E-state index contributed by atoms with van der Waals surface area (Å²) in [5.74, 6) is 0. The van der Waals surface area contributed by atoms with Gasteiger partial charge in [-0.25, -0.2) is 8.42 Å². The number of nitrogens with zero attached hydrogens (tertiary/aromatic N) is 2. The van der Waals surface area contributed by atoms with Crippen LogP contribution < -0.4 is 0 Å². The van der Waals surface area contributed by atoms with E-state index in [4.69, 9.17) is 22.0 Å². The van der Waals surface area contributed by atoms with Crippen LogP contribution in [0.5, 0.6) is 0 Å². The molecule has 0 bridgehead atoms. The summed E-state index contributed by atoms with van der Waals surface area (Å²) < 4.78 is 25.8. The number of rotatable bonds is 6. The summed E-state index contributed by atoms with van der Waals surface area (Å²) in [7, 11) is -3.86. The lowest BCUT2D eigenvalue weighted by molar-refractivity contribution is 0.260. The Hall–Kier alpha value is -1.39. The highest BCUT2D eigenvalue weighted by Gasteiger charge is 2.26. The number of aliphatic hydroxyl groups excluding tert-OH is 1. The molecule has 5 nitrogen and oxygen atoms in total. The van der Waals surface area contributed by atoms with Gasteiger partial charge >= 0.3 is 0 Å². The summed E-state index contributed by atoms with van der Waals surface area (Å²) in [5, 5.41) is 18.2. The Morgan fingerprint density at radius 2 is 2.21 bits per heavy atom. The molecular weight excluding hydrogens is 288 g/mol. The third-order valence-electron chi connectivity index (χ3n) is 2.36. The van der Waals surface area contributed by atoms with Gasteiger partial charge in [-0.15, -0.1) is 6.58 Å². The first-order valence-electron chi connectivity index (χ1n) is 5.39. The van der Waals surface area contributed by atoms with Crippen molar-refractivity contribution in [2.24, 2.45) is 0 Å². The average molecular weight is 301 g/mol. The molecule has 0 radical (unpaired) electrons. The van der Waals surface area contributed by atoms with Gasteiger partial charge in [-0.3, -0.25) is 0 Å². The summed E-state index contributed by atoms with van der Waals surface area (Å²) in [6, 6.07) is 5.78. The number of aliphatic hydroxyl groups is 1. The second kappa shape index (κ2) is 6.68. The summed E-state index contributed by atoms with van der Waals surface area (Å²) in [5.41, 5.74) is -0.0282. The molecule has 0 unspecified atom stereocenters. The van der Waals surface area contributed by atoms with E-state index in [2.05, 4.69) is 6.58 Å². The smallest absolute Gasteiger partial charge is 0.244 e. The molecule has 0 heterocycles. The Balaban J connectivity index is 3.33. The molecule has 0 aliphatic rings. The van der Waals surface area contributed by atoms with Gasteiger partial charge in [0.1, 0.15) is 11.0 Å². The van der Waals surface area contributed by atoms with E-state index in [0.717, 1.165) is 4.31 Å². The first-order chi connectivity index (χ1) is 8.97. The first kappa shape index (κ1) is 15.7. The van der Waals surface area contributed by atoms with Crippen LogP contribution in [0.4, 0.5) is 0 Å². The second-order valence-electron chi connectivity index (χ2n) is 3.63. The summed E-state index contributed by atoms with van der Waals surface area (Å²) in [4.78, 5) is -0.130. The standard InChI is InChI=1S/C12H13ClN2O3S/c1-2-5-15(6-7-16)19(17,18)12-4-3-11(13)8-10(12)9-14/h2-4,8,16H,1,5-7H2. The van der Waals surface area contributed by atoms with Gasteiger partial charge in [-0.05, 0) is 18.2 Å². The van der Waals surface area contributed by atoms with Crippen LogP contribution in [0.2, 0.25) is 5.02 Å². The molecule has 1 N–H and O–H groups in total. The maximum atomic E-state index is 12.4. The van der Waals surface area contributed by atoms with Crippen molar-refractivity contribution in [2.75, 3.05) is 19.7 Å². The van der Waals surface area contributed by atoms with Crippen molar-refractivity contribution < 1.29 is 13.5 Å². The zero-order chi connectivity index (χ0) is 14.5. The quantitative estimate of drug-likeness (QED) is 0.805. The van der Waals surface area contributed by atoms with Crippen molar-refractivity contribution in [3.8, 4) is 6.07 Å². The summed E-state index contributed by atoms with van der Waals surface area (Å²) >= 11 is 5.73. The molecule has 0 spiro atoms. The van der Waals surface area contributed by atoms with E-state index < -0.39 is 10.0 Å². The highest BCUT2D eigenvalue weighted by Crippen LogP contribution is 2.23. The van der Waals surface area contributed by atoms with Crippen molar-refractivity contribution in [3.63, 3.8) is 0 Å². The molecule has 1 aromatic rings. The molecule has 7 heteroatoms. The van der Waals surface area contributed by atoms with Gasteiger partial charge < -0.3 is 5.11 Å². The van der Waals surface area contributed by atoms with Crippen LogP contribution in [-0.4, -0.2) is 37.5 Å². The monoisotopic (exact) mass is 300 g/mol. The van der Waals surface area contributed by atoms with Crippen LogP contribution >= 0.6 is 11.6 Å². The van der Waals surface area contributed by atoms with Crippen molar-refractivity contribution in [3.05, 3.63) is 41.4 Å². The molecule has 0 atom stereocenters. The molecule has 0 saturated heterocycles. The van der Waals surface area contributed by atoms with E-state index in [9.17, 15) is 8.42 Å². The number of nitriles is 1. The van der Waals surface area contributed by atoms with Crippen molar-refractivity contribution in [1.29, 1.82) is 5.26 Å². The van der Waals surface area contributed by atoms with Crippen molar-refractivity contribution in [1.82, 2.24) is 4.31 Å². The van der Waals surface area contributed by atoms with Crippen LogP contribution in [-0.2, 0) is 10.0 Å². The maximum Gasteiger partial charge on any atom is 0.244 e. The zero-order valence-corrected chi connectivity index (χ0v) is 11.7. The molecule has 0 saturated carbocycles. The summed E-state index contributed by atoms with van der Waals surface area (Å²) in [6.45, 7) is 3.14. The normalized spacial score (nSPS) is 11.3. The number of sulfonamides is 1. The van der Waals surface area contributed by atoms with E-state index in [1.165, 1.54) is 24.3 Å². The Kier molecular flexibility index (Phi) is 5.51. The van der Waals surface area contributed by atoms with Crippen LogP contribution in [0.25, 0.3) is 0 Å². The number of halogens is 1. The van der Waals surface area contributed by atoms with Gasteiger partial charge in [0.05, 0.1) is 12.2 Å². The molecule has 0 fully saturated rings. The van der Waals surface area contributed by atoms with E-state index in [1.807, 2.05) is 0 Å². The maximum absolute atomic E-state index is 12.4. The third kappa shape index (κ3) is 3.55. The average Bonchev–Trinajstić information content (AvgIpc) is 2.38. The fourth-order valence-corrected chi connectivity index (χ4v) is 3.22. The fourth-order valence-electron chi connectivity index (χ4n) is 1.52. The molecule has 102 valence electrons. The molecule has 1 rings (SSSR count). The number of benzene rings is 1. The highest BCUT2D eigenvalue weighted by atomic mass is 35.5. The molecule has 19 heavy (non-hydrogen) atoms. The Morgan fingerprint density at radius 1 is 1.53 bits per heavy atom. The van der Waals surface area contributed by atoms with E-state index in [-0.39, 0.29) is 35.2 Å². The highest BCUT2D eigenvalue weighted by molar-refractivity contribution is 7.89. The molecule has 0 aliphatic heterocycles. The van der Waals surface area contributed by atoms with E-state index in [1.54, 1.807) is 6.07 Å². The van der Waals surface area contributed by atoms with Crippen molar-refractivity contribution in [2.45, 2.75) is 4.90 Å². The van der Waals surface area contributed by atoms with E-state index in [0.29, 0.717) is 0 Å². The van der Waals surface area contributed by atoms with Crippen LogP contribution in [0.1, 0.15) is 5.56 Å². The summed E-state index contributed by atoms with van der Waals surface area (Å²) in [6.07, 6.45) is 1.41. The SMILES string of the molecule is C=CCN(CCO)S(=O)(=O)c1ccc(Cl)cc1C#N. The first-order valence-corrected chi connectivity index (χ1v) is 7.20. The van der Waals surface area contributed by atoms with E-state index >= 15 is 0 Å². The van der Waals surface area contributed by atoms with Gasteiger partial charge in [-0.2, -0.15) is 9.57 Å². The third-order valence-corrected chi connectivity index (χ3v) is 4.52. The second-order valence-corrected chi connectivity index (χ2v) is 5.97. The Morgan fingerprint density at radius 3 is 2.74 bits per heavy atom. The Bertz CT molecular complexity index is 608. The molecule has 0 aliphatic carbocycles. The van der Waals surface area contributed by atoms with Gasteiger partial charge in [-0.1, -0.05) is 17.7 Å². The van der Waals surface area contributed by atoms with Crippen LogP contribution in [0.3, 0.4) is 0 Å². The largest absolute Gasteiger partial charge is 0.395 e. The minimum absolute atomic E-state index is 0.0282. The molecule has 0 aromatic heterocycles. The van der Waals surface area contributed by atoms with Crippen molar-refractivity contribution >= 4 is 21.6 Å². The fraction of sp³-hybridized carbons (Fsp3) is 0.250. The van der Waals surface area contributed by atoms with Gasteiger partial charge in [0, 0.05) is 18.1 Å². The molecule has 1 aromatic carbocycles. The minimum atomic E-state index is -3.86. The molecular formula is C12H13ClN2O3S. The lowest BCUT2D eigenvalue weighted by atomic mass is 10.2.